The summed E-state index contributed by atoms with van der Waals surface area (Å²) >= 11 is 0. The Balaban J connectivity index is 1.88. The van der Waals surface area contributed by atoms with Crippen molar-refractivity contribution in [2.45, 2.75) is 19.3 Å². The molecule has 1 heteroatoms. The maximum absolute atomic E-state index is 2.76. The monoisotopic (exact) mass is 102 g/mol. The smallest absolute Gasteiger partial charge is 0.0378 e. The fourth-order valence-electron chi connectivity index (χ4n) is 0.642. The Labute approximate surface area is 41.5 Å². The van der Waals surface area contributed by atoms with E-state index in [-0.39, 0.29) is 0 Å². The zero-order chi connectivity index (χ0) is 4.41. The maximum atomic E-state index is 2.76. The van der Waals surface area contributed by atoms with E-state index < -0.39 is 0 Å². The largest absolute Gasteiger partial charge is 0.138 e. The first kappa shape index (κ1) is 4.59. The molecule has 0 heterocycles. The van der Waals surface area contributed by atoms with Crippen LogP contribution in [0.1, 0.15) is 19.3 Å². The molecule has 0 radical (unpaired) electrons. The topological polar surface area (TPSA) is 0 Å². The second kappa shape index (κ2) is 1.93. The average Bonchev–Trinajstić information content (AvgIpc) is 2.21. The first-order valence-corrected chi connectivity index (χ1v) is 3.45. The van der Waals surface area contributed by atoms with Crippen LogP contribution in [-0.4, -0.2) is 6.16 Å². The molecule has 1 unspecified atom stereocenters. The van der Waals surface area contributed by atoms with E-state index >= 15 is 0 Å². The molecule has 1 aliphatic carbocycles. The molecule has 0 nitrogen and oxygen atoms in total. The molecule has 0 bridgehead atoms. The summed E-state index contributed by atoms with van der Waals surface area (Å²) in [5.41, 5.74) is 0. The summed E-state index contributed by atoms with van der Waals surface area (Å²) in [7, 11) is 2.76. The SMILES string of the molecule is PCCC1CC1. The highest BCUT2D eigenvalue weighted by Crippen LogP contribution is 2.32. The van der Waals surface area contributed by atoms with E-state index in [1.54, 1.807) is 0 Å². The fraction of sp³-hybridized carbons (Fsp3) is 1.00. The quantitative estimate of drug-likeness (QED) is 0.465. The fourth-order valence-corrected chi connectivity index (χ4v) is 1.11. The molecule has 36 valence electrons. The van der Waals surface area contributed by atoms with Crippen LogP contribution in [-0.2, 0) is 0 Å². The minimum absolute atomic E-state index is 1.13. The Hall–Kier alpha value is 0.430. The molecule has 1 fully saturated rings. The number of hydrogen-bond donors (Lipinski definition) is 0. The highest BCUT2D eigenvalue weighted by atomic mass is 31.0. The van der Waals surface area contributed by atoms with Crippen LogP contribution in [0.3, 0.4) is 0 Å². The molecule has 1 saturated carbocycles. The van der Waals surface area contributed by atoms with Gasteiger partial charge in [0.05, 0.1) is 0 Å². The van der Waals surface area contributed by atoms with Crippen LogP contribution in [0.25, 0.3) is 0 Å². The van der Waals surface area contributed by atoms with Gasteiger partial charge in [0.1, 0.15) is 0 Å². The molecule has 6 heavy (non-hydrogen) atoms. The summed E-state index contributed by atoms with van der Waals surface area (Å²) < 4.78 is 0. The van der Waals surface area contributed by atoms with Crippen molar-refractivity contribution in [2.75, 3.05) is 6.16 Å². The van der Waals surface area contributed by atoms with Gasteiger partial charge in [-0.3, -0.25) is 0 Å². The lowest BCUT2D eigenvalue weighted by Gasteiger charge is -1.82. The Kier molecular flexibility index (Phi) is 1.48. The summed E-state index contributed by atoms with van der Waals surface area (Å²) in [5, 5.41) is 0. The van der Waals surface area contributed by atoms with E-state index in [0.29, 0.717) is 0 Å². The van der Waals surface area contributed by atoms with Crippen LogP contribution in [0.15, 0.2) is 0 Å². The first-order valence-electron chi connectivity index (χ1n) is 2.63. The van der Waals surface area contributed by atoms with Crippen LogP contribution < -0.4 is 0 Å². The van der Waals surface area contributed by atoms with E-state index in [0.717, 1.165) is 5.92 Å². The zero-order valence-corrected chi connectivity index (χ0v) is 5.14. The van der Waals surface area contributed by atoms with Crippen molar-refractivity contribution in [3.05, 3.63) is 0 Å². The third-order valence-electron chi connectivity index (χ3n) is 1.27. The second-order valence-corrected chi connectivity index (χ2v) is 2.60. The second-order valence-electron chi connectivity index (χ2n) is 2.02. The molecular formula is C5H11P. The Morgan fingerprint density at radius 1 is 1.50 bits per heavy atom. The van der Waals surface area contributed by atoms with Gasteiger partial charge in [-0.2, -0.15) is 0 Å². The summed E-state index contributed by atoms with van der Waals surface area (Å²) in [4.78, 5) is 0. The lowest BCUT2D eigenvalue weighted by molar-refractivity contribution is 0.809. The van der Waals surface area contributed by atoms with Crippen molar-refractivity contribution in [1.82, 2.24) is 0 Å². The predicted molar refractivity (Wildman–Crippen MR) is 31.9 cm³/mol. The molecule has 0 spiro atoms. The average molecular weight is 102 g/mol. The molecular weight excluding hydrogens is 91.0 g/mol. The molecule has 1 rings (SSSR count). The van der Waals surface area contributed by atoms with Gasteiger partial charge >= 0.3 is 0 Å². The summed E-state index contributed by atoms with van der Waals surface area (Å²) in [6.45, 7) is 0. The minimum Gasteiger partial charge on any atom is -0.138 e. The van der Waals surface area contributed by atoms with Crippen molar-refractivity contribution >= 4 is 9.24 Å². The normalized spacial score (nSPS) is 21.5. The molecule has 1 atom stereocenters. The molecule has 0 aromatic heterocycles. The van der Waals surface area contributed by atoms with Crippen LogP contribution in [0, 0.1) is 5.92 Å². The lowest BCUT2D eigenvalue weighted by Crippen LogP contribution is -1.72. The van der Waals surface area contributed by atoms with Gasteiger partial charge in [-0.25, -0.2) is 0 Å². The van der Waals surface area contributed by atoms with Gasteiger partial charge in [0.15, 0.2) is 0 Å². The van der Waals surface area contributed by atoms with E-state index in [2.05, 4.69) is 9.24 Å². The zero-order valence-electron chi connectivity index (χ0n) is 3.98. The molecule has 0 saturated heterocycles. The minimum atomic E-state index is 1.13. The third-order valence-corrected chi connectivity index (χ3v) is 1.61. The summed E-state index contributed by atoms with van der Waals surface area (Å²) in [6, 6.07) is 0. The van der Waals surface area contributed by atoms with Crippen molar-refractivity contribution in [3.8, 4) is 0 Å². The number of rotatable bonds is 2. The van der Waals surface area contributed by atoms with Crippen LogP contribution in [0.5, 0.6) is 0 Å². The third kappa shape index (κ3) is 1.26. The molecule has 1 aliphatic rings. The molecule has 0 aliphatic heterocycles. The van der Waals surface area contributed by atoms with E-state index in [1.165, 1.54) is 25.4 Å². The maximum Gasteiger partial charge on any atom is -0.0378 e. The van der Waals surface area contributed by atoms with Gasteiger partial charge in [-0.05, 0) is 18.5 Å². The van der Waals surface area contributed by atoms with Crippen molar-refractivity contribution < 1.29 is 0 Å². The Bertz CT molecular complexity index is 39.2. The summed E-state index contributed by atoms with van der Waals surface area (Å²) in [6.07, 6.45) is 5.78. The van der Waals surface area contributed by atoms with Gasteiger partial charge < -0.3 is 0 Å². The highest BCUT2D eigenvalue weighted by Gasteiger charge is 2.18. The van der Waals surface area contributed by atoms with Crippen LogP contribution >= 0.6 is 9.24 Å². The first-order chi connectivity index (χ1) is 2.93. The Morgan fingerprint density at radius 2 is 2.17 bits per heavy atom. The van der Waals surface area contributed by atoms with Crippen molar-refractivity contribution in [3.63, 3.8) is 0 Å². The van der Waals surface area contributed by atoms with Crippen LogP contribution in [0.4, 0.5) is 0 Å². The number of hydrogen-bond acceptors (Lipinski definition) is 0. The predicted octanol–water partition coefficient (Wildman–Crippen LogP) is 1.66. The molecule has 0 N–H and O–H groups in total. The van der Waals surface area contributed by atoms with Gasteiger partial charge in [-0.15, -0.1) is 9.24 Å². The van der Waals surface area contributed by atoms with Crippen molar-refractivity contribution in [1.29, 1.82) is 0 Å². The highest BCUT2D eigenvalue weighted by molar-refractivity contribution is 7.16. The Morgan fingerprint density at radius 3 is 2.33 bits per heavy atom. The van der Waals surface area contributed by atoms with Gasteiger partial charge in [0.2, 0.25) is 0 Å². The lowest BCUT2D eigenvalue weighted by atomic mass is 10.3. The standard InChI is InChI=1S/C5H11P/c6-4-3-5-1-2-5/h5H,1-4,6H2. The molecule has 0 aromatic carbocycles. The van der Waals surface area contributed by atoms with Gasteiger partial charge in [0, 0.05) is 0 Å². The van der Waals surface area contributed by atoms with E-state index in [1.807, 2.05) is 0 Å². The van der Waals surface area contributed by atoms with Crippen LogP contribution in [0.2, 0.25) is 0 Å². The molecule has 0 aromatic rings. The van der Waals surface area contributed by atoms with Gasteiger partial charge in [-0.1, -0.05) is 12.8 Å². The molecule has 0 amide bonds. The van der Waals surface area contributed by atoms with E-state index in [9.17, 15) is 0 Å². The van der Waals surface area contributed by atoms with E-state index in [4.69, 9.17) is 0 Å². The van der Waals surface area contributed by atoms with Crippen molar-refractivity contribution in [2.24, 2.45) is 5.92 Å². The summed E-state index contributed by atoms with van der Waals surface area (Å²) in [5.74, 6) is 1.13. The van der Waals surface area contributed by atoms with Gasteiger partial charge in [0.25, 0.3) is 0 Å².